The summed E-state index contributed by atoms with van der Waals surface area (Å²) in [6.45, 7) is 1.24. The first-order valence-corrected chi connectivity index (χ1v) is 4.66. The van der Waals surface area contributed by atoms with Crippen molar-refractivity contribution in [3.05, 3.63) is 22.9 Å². The van der Waals surface area contributed by atoms with Crippen LogP contribution in [0.3, 0.4) is 0 Å². The van der Waals surface area contributed by atoms with E-state index in [4.69, 9.17) is 5.26 Å². The zero-order valence-corrected chi connectivity index (χ0v) is 9.05. The number of aryl methyl sites for hydroxylation is 1. The molecule has 0 bridgehead atoms. The highest BCUT2D eigenvalue weighted by Crippen LogP contribution is 2.30. The van der Waals surface area contributed by atoms with Crippen LogP contribution in [0.4, 0.5) is 22.0 Å². The molecule has 0 spiro atoms. The Morgan fingerprint density at radius 1 is 1.44 bits per heavy atom. The van der Waals surface area contributed by atoms with Crippen molar-refractivity contribution < 1.29 is 26.7 Å². The lowest BCUT2D eigenvalue weighted by atomic mass is 10.0. The van der Waals surface area contributed by atoms with Crippen molar-refractivity contribution in [1.82, 2.24) is 4.98 Å². The van der Waals surface area contributed by atoms with Crippen molar-refractivity contribution in [2.24, 2.45) is 0 Å². The van der Waals surface area contributed by atoms with E-state index in [1.165, 1.54) is 6.92 Å². The lowest BCUT2D eigenvalue weighted by molar-refractivity contribution is -0.276. The highest BCUT2D eigenvalue weighted by Gasteiger charge is 2.32. The van der Waals surface area contributed by atoms with Crippen LogP contribution in [0.1, 0.15) is 23.2 Å². The highest BCUT2D eigenvalue weighted by atomic mass is 19.4. The number of ether oxygens (including phenoxy) is 1. The Hall–Kier alpha value is -1.91. The van der Waals surface area contributed by atoms with Crippen molar-refractivity contribution in [2.45, 2.75) is 26.1 Å². The second-order valence-corrected chi connectivity index (χ2v) is 3.30. The van der Waals surface area contributed by atoms with Gasteiger partial charge in [-0.05, 0) is 12.5 Å². The van der Waals surface area contributed by atoms with Gasteiger partial charge in [-0.1, -0.05) is 0 Å². The van der Waals surface area contributed by atoms with Crippen LogP contribution in [0, 0.1) is 18.3 Å². The summed E-state index contributed by atoms with van der Waals surface area (Å²) in [5.74, 6) is -0.961. The van der Waals surface area contributed by atoms with Gasteiger partial charge < -0.3 is 4.74 Å². The van der Waals surface area contributed by atoms with Crippen LogP contribution in [0.5, 0.6) is 5.88 Å². The van der Waals surface area contributed by atoms with E-state index in [-0.39, 0.29) is 17.7 Å². The summed E-state index contributed by atoms with van der Waals surface area (Å²) >= 11 is 0. The van der Waals surface area contributed by atoms with E-state index in [1.54, 1.807) is 6.07 Å². The molecule has 0 aliphatic rings. The Kier molecular flexibility index (Phi) is 4.06. The first-order valence-electron chi connectivity index (χ1n) is 4.66. The molecular weight excluding hydrogens is 259 g/mol. The molecule has 98 valence electrons. The molecule has 1 heterocycles. The molecule has 0 amide bonds. The maximum atomic E-state index is 12.7. The summed E-state index contributed by atoms with van der Waals surface area (Å²) in [6, 6.07) is 2.15. The molecule has 0 N–H and O–H groups in total. The minimum absolute atomic E-state index is 0.0815. The first kappa shape index (κ1) is 14.2. The SMILES string of the molecule is Cc1nc(OC(F)(F)F)cc(C(F)F)c1CC#N. The number of hydrogen-bond acceptors (Lipinski definition) is 3. The van der Waals surface area contributed by atoms with E-state index in [2.05, 4.69) is 9.72 Å². The smallest absolute Gasteiger partial charge is 0.388 e. The van der Waals surface area contributed by atoms with Gasteiger partial charge in [0.05, 0.1) is 12.5 Å². The van der Waals surface area contributed by atoms with Gasteiger partial charge in [-0.25, -0.2) is 13.8 Å². The molecule has 1 aromatic heterocycles. The van der Waals surface area contributed by atoms with Crippen LogP contribution < -0.4 is 4.74 Å². The third-order valence-corrected chi connectivity index (χ3v) is 2.05. The average Bonchev–Trinajstić information content (AvgIpc) is 2.19. The summed E-state index contributed by atoms with van der Waals surface area (Å²) in [6.07, 6.45) is -8.37. The van der Waals surface area contributed by atoms with Crippen LogP contribution in [0.2, 0.25) is 0 Å². The molecule has 1 aromatic rings. The van der Waals surface area contributed by atoms with Crippen LogP contribution in [-0.4, -0.2) is 11.3 Å². The summed E-state index contributed by atoms with van der Waals surface area (Å²) in [5.41, 5.74) is -0.848. The van der Waals surface area contributed by atoms with Gasteiger partial charge in [0.15, 0.2) is 0 Å². The third-order valence-electron chi connectivity index (χ3n) is 2.05. The van der Waals surface area contributed by atoms with Gasteiger partial charge in [-0.2, -0.15) is 5.26 Å². The van der Waals surface area contributed by atoms with Gasteiger partial charge in [-0.3, -0.25) is 0 Å². The number of aromatic nitrogens is 1. The van der Waals surface area contributed by atoms with Gasteiger partial charge in [0.2, 0.25) is 5.88 Å². The minimum atomic E-state index is -5.00. The number of rotatable bonds is 3. The van der Waals surface area contributed by atoms with Crippen LogP contribution in [0.25, 0.3) is 0 Å². The summed E-state index contributed by atoms with van der Waals surface area (Å²) < 4.78 is 64.7. The lowest BCUT2D eigenvalue weighted by Gasteiger charge is -2.13. The van der Waals surface area contributed by atoms with Crippen LogP contribution >= 0.6 is 0 Å². The van der Waals surface area contributed by atoms with Crippen LogP contribution in [-0.2, 0) is 6.42 Å². The molecule has 3 nitrogen and oxygen atoms in total. The molecule has 8 heteroatoms. The Labute approximate surface area is 98.8 Å². The number of nitriles is 1. The Morgan fingerprint density at radius 3 is 2.50 bits per heavy atom. The van der Waals surface area contributed by atoms with E-state index in [0.29, 0.717) is 6.07 Å². The highest BCUT2D eigenvalue weighted by molar-refractivity contribution is 5.37. The molecule has 0 aromatic carbocycles. The second kappa shape index (κ2) is 5.16. The number of nitrogens with zero attached hydrogens (tertiary/aromatic N) is 2. The van der Waals surface area contributed by atoms with Gasteiger partial charge in [0.1, 0.15) is 0 Å². The fourth-order valence-electron chi connectivity index (χ4n) is 1.37. The standard InChI is InChI=1S/C10H7F5N2O/c1-5-6(2-3-16)7(9(11)12)4-8(17-5)18-10(13,14)15/h4,9H,2H2,1H3. The summed E-state index contributed by atoms with van der Waals surface area (Å²) in [5, 5.41) is 8.47. The maximum Gasteiger partial charge on any atom is 0.574 e. The fraction of sp³-hybridized carbons (Fsp3) is 0.400. The normalized spacial score (nSPS) is 11.4. The van der Waals surface area contributed by atoms with Gasteiger partial charge in [0.25, 0.3) is 6.43 Å². The number of halogens is 5. The van der Waals surface area contributed by atoms with E-state index in [9.17, 15) is 22.0 Å². The Balaban J connectivity index is 3.24. The molecule has 1 rings (SSSR count). The number of pyridine rings is 1. The zero-order valence-electron chi connectivity index (χ0n) is 9.05. The van der Waals surface area contributed by atoms with Crippen molar-refractivity contribution >= 4 is 0 Å². The molecule has 0 saturated heterocycles. The first-order chi connectivity index (χ1) is 8.24. The quantitative estimate of drug-likeness (QED) is 0.788. The predicted octanol–water partition coefficient (Wildman–Crippen LogP) is 3.29. The lowest BCUT2D eigenvalue weighted by Crippen LogP contribution is -2.18. The van der Waals surface area contributed by atoms with Gasteiger partial charge in [0, 0.05) is 17.3 Å². The zero-order chi connectivity index (χ0) is 13.9. The predicted molar refractivity (Wildman–Crippen MR) is 49.9 cm³/mol. The molecule has 0 unspecified atom stereocenters. The molecule has 0 aliphatic heterocycles. The van der Waals surface area contributed by atoms with Crippen molar-refractivity contribution in [1.29, 1.82) is 5.26 Å². The Bertz CT molecular complexity index is 478. The van der Waals surface area contributed by atoms with E-state index in [1.807, 2.05) is 0 Å². The van der Waals surface area contributed by atoms with E-state index >= 15 is 0 Å². The molecule has 0 atom stereocenters. The molecular formula is C10H7F5N2O. The molecule has 0 saturated carbocycles. The summed E-state index contributed by atoms with van der Waals surface area (Å²) in [7, 11) is 0. The largest absolute Gasteiger partial charge is 0.574 e. The van der Waals surface area contributed by atoms with E-state index < -0.39 is 24.2 Å². The fourth-order valence-corrected chi connectivity index (χ4v) is 1.37. The molecule has 0 aliphatic carbocycles. The monoisotopic (exact) mass is 266 g/mol. The van der Waals surface area contributed by atoms with E-state index in [0.717, 1.165) is 0 Å². The summed E-state index contributed by atoms with van der Waals surface area (Å²) in [4.78, 5) is 3.39. The molecule has 18 heavy (non-hydrogen) atoms. The number of hydrogen-bond donors (Lipinski definition) is 0. The maximum absolute atomic E-state index is 12.7. The topological polar surface area (TPSA) is 45.9 Å². The molecule has 0 fully saturated rings. The van der Waals surface area contributed by atoms with Crippen molar-refractivity contribution in [2.75, 3.05) is 0 Å². The number of alkyl halides is 5. The minimum Gasteiger partial charge on any atom is -0.388 e. The van der Waals surface area contributed by atoms with Crippen molar-refractivity contribution in [3.8, 4) is 11.9 Å². The van der Waals surface area contributed by atoms with Crippen molar-refractivity contribution in [3.63, 3.8) is 0 Å². The third kappa shape index (κ3) is 3.55. The van der Waals surface area contributed by atoms with Gasteiger partial charge in [-0.15, -0.1) is 13.2 Å². The average molecular weight is 266 g/mol. The van der Waals surface area contributed by atoms with Gasteiger partial charge >= 0.3 is 6.36 Å². The van der Waals surface area contributed by atoms with Crippen LogP contribution in [0.15, 0.2) is 6.07 Å². The molecule has 0 radical (unpaired) electrons. The Morgan fingerprint density at radius 2 is 2.06 bits per heavy atom. The second-order valence-electron chi connectivity index (χ2n) is 3.30.